The summed E-state index contributed by atoms with van der Waals surface area (Å²) in [6.45, 7) is 3.57. The molecule has 1 rings (SSSR count). The molecule has 2 nitrogen and oxygen atoms in total. The Balaban J connectivity index is 2.84. The van der Waals surface area contributed by atoms with Gasteiger partial charge in [-0.2, -0.15) is 0 Å². The van der Waals surface area contributed by atoms with E-state index >= 15 is 0 Å². The van der Waals surface area contributed by atoms with E-state index in [0.717, 1.165) is 5.56 Å². The van der Waals surface area contributed by atoms with E-state index in [1.54, 1.807) is 26.2 Å². The highest BCUT2D eigenvalue weighted by molar-refractivity contribution is 6.42. The van der Waals surface area contributed by atoms with Crippen LogP contribution in [0.5, 0.6) is 0 Å². The fourth-order valence-electron chi connectivity index (χ4n) is 1.46. The van der Waals surface area contributed by atoms with E-state index in [2.05, 4.69) is 0 Å². The molecule has 0 saturated carbocycles. The van der Waals surface area contributed by atoms with E-state index in [0.29, 0.717) is 16.5 Å². The molecule has 2 atom stereocenters. The number of aliphatic hydroxyl groups is 1. The topological polar surface area (TPSA) is 29.5 Å². The third-order valence-corrected chi connectivity index (χ3v) is 3.51. The minimum absolute atomic E-state index is 0.248. The van der Waals surface area contributed by atoms with Gasteiger partial charge in [-0.15, -0.1) is 0 Å². The van der Waals surface area contributed by atoms with Crippen LogP contribution in [0.2, 0.25) is 10.0 Å². The van der Waals surface area contributed by atoms with Crippen LogP contribution >= 0.6 is 23.2 Å². The number of hydrogen-bond acceptors (Lipinski definition) is 2. The van der Waals surface area contributed by atoms with Crippen molar-refractivity contribution in [3.63, 3.8) is 0 Å². The first-order valence-corrected chi connectivity index (χ1v) is 5.81. The van der Waals surface area contributed by atoms with Gasteiger partial charge in [-0.05, 0) is 31.5 Å². The zero-order valence-corrected chi connectivity index (χ0v) is 11.1. The highest BCUT2D eigenvalue weighted by atomic mass is 35.5. The van der Waals surface area contributed by atoms with Crippen LogP contribution in [0.25, 0.3) is 0 Å². The Morgan fingerprint density at radius 3 is 2.50 bits per heavy atom. The monoisotopic (exact) mass is 262 g/mol. The van der Waals surface area contributed by atoms with Gasteiger partial charge in [0.2, 0.25) is 0 Å². The summed E-state index contributed by atoms with van der Waals surface area (Å²) in [6, 6.07) is 5.35. The van der Waals surface area contributed by atoms with Crippen molar-refractivity contribution in [2.24, 2.45) is 0 Å². The number of rotatable bonds is 4. The molecule has 0 radical (unpaired) electrons. The fourth-order valence-corrected chi connectivity index (χ4v) is 1.78. The zero-order chi connectivity index (χ0) is 12.3. The van der Waals surface area contributed by atoms with Crippen molar-refractivity contribution >= 4 is 23.2 Å². The normalized spacial score (nSPS) is 16.9. The van der Waals surface area contributed by atoms with Crippen molar-refractivity contribution in [1.29, 1.82) is 0 Å². The van der Waals surface area contributed by atoms with Gasteiger partial charge in [0.15, 0.2) is 0 Å². The molecule has 2 unspecified atom stereocenters. The van der Waals surface area contributed by atoms with Crippen LogP contribution in [0.4, 0.5) is 0 Å². The molecule has 1 aromatic rings. The number of hydrogen-bond donors (Lipinski definition) is 1. The van der Waals surface area contributed by atoms with Gasteiger partial charge in [0.1, 0.15) is 0 Å². The van der Waals surface area contributed by atoms with Crippen molar-refractivity contribution in [2.45, 2.75) is 32.0 Å². The smallest absolute Gasteiger partial charge is 0.0917 e. The van der Waals surface area contributed by atoms with Gasteiger partial charge in [-0.3, -0.25) is 0 Å². The van der Waals surface area contributed by atoms with Crippen LogP contribution in [-0.2, 0) is 11.2 Å². The number of ether oxygens (including phenoxy) is 1. The first-order chi connectivity index (χ1) is 7.36. The van der Waals surface area contributed by atoms with Crippen LogP contribution in [0.3, 0.4) is 0 Å². The molecule has 0 aliphatic carbocycles. The van der Waals surface area contributed by atoms with Crippen molar-refractivity contribution in [1.82, 2.24) is 0 Å². The summed E-state index contributed by atoms with van der Waals surface area (Å²) >= 11 is 11.7. The van der Waals surface area contributed by atoms with Crippen LogP contribution in [0.15, 0.2) is 18.2 Å². The van der Waals surface area contributed by atoms with E-state index in [1.165, 1.54) is 0 Å². The molecule has 0 heterocycles. The van der Waals surface area contributed by atoms with Gasteiger partial charge >= 0.3 is 0 Å². The second-order valence-electron chi connectivity index (χ2n) is 4.16. The summed E-state index contributed by atoms with van der Waals surface area (Å²) in [4.78, 5) is 0. The largest absolute Gasteiger partial charge is 0.387 e. The SMILES string of the molecule is COC(C)C(C)(O)Cc1ccc(Cl)c(Cl)c1. The number of methoxy groups -OCH3 is 1. The van der Waals surface area contributed by atoms with Crippen molar-refractivity contribution in [3.05, 3.63) is 33.8 Å². The third kappa shape index (κ3) is 3.36. The maximum absolute atomic E-state index is 10.2. The molecule has 0 aliphatic heterocycles. The Morgan fingerprint density at radius 2 is 2.00 bits per heavy atom. The fraction of sp³-hybridized carbons (Fsp3) is 0.500. The molecular formula is C12H16Cl2O2. The number of benzene rings is 1. The molecule has 0 spiro atoms. The standard InChI is InChI=1S/C12H16Cl2O2/c1-8(16-3)12(2,15)7-9-4-5-10(13)11(14)6-9/h4-6,8,15H,7H2,1-3H3. The zero-order valence-electron chi connectivity index (χ0n) is 9.63. The first-order valence-electron chi connectivity index (χ1n) is 5.06. The van der Waals surface area contributed by atoms with E-state index in [1.807, 2.05) is 13.0 Å². The lowest BCUT2D eigenvalue weighted by atomic mass is 9.92. The Kier molecular flexibility index (Phi) is 4.62. The first kappa shape index (κ1) is 13.8. The predicted octanol–water partition coefficient (Wildman–Crippen LogP) is 3.32. The van der Waals surface area contributed by atoms with Crippen LogP contribution in [0.1, 0.15) is 19.4 Å². The van der Waals surface area contributed by atoms with Crippen LogP contribution in [-0.4, -0.2) is 23.9 Å². The van der Waals surface area contributed by atoms with Crippen molar-refractivity contribution in [2.75, 3.05) is 7.11 Å². The van der Waals surface area contributed by atoms with Gasteiger partial charge in [0.25, 0.3) is 0 Å². The van der Waals surface area contributed by atoms with Crippen molar-refractivity contribution < 1.29 is 9.84 Å². The van der Waals surface area contributed by atoms with Crippen LogP contribution < -0.4 is 0 Å². The third-order valence-electron chi connectivity index (χ3n) is 2.78. The van der Waals surface area contributed by atoms with Gasteiger partial charge in [0.05, 0.1) is 21.8 Å². The number of halogens is 2. The molecule has 0 saturated heterocycles. The molecule has 90 valence electrons. The van der Waals surface area contributed by atoms with E-state index in [-0.39, 0.29) is 6.10 Å². The quantitative estimate of drug-likeness (QED) is 0.902. The van der Waals surface area contributed by atoms with Gasteiger partial charge in [-0.25, -0.2) is 0 Å². The second kappa shape index (κ2) is 5.37. The molecule has 4 heteroatoms. The molecule has 0 aromatic heterocycles. The van der Waals surface area contributed by atoms with Gasteiger partial charge in [0, 0.05) is 13.5 Å². The molecule has 0 aliphatic rings. The lowest BCUT2D eigenvalue weighted by molar-refractivity contribution is -0.0715. The lowest BCUT2D eigenvalue weighted by Gasteiger charge is -2.29. The Bertz CT molecular complexity index is 364. The minimum Gasteiger partial charge on any atom is -0.387 e. The van der Waals surface area contributed by atoms with Gasteiger partial charge < -0.3 is 9.84 Å². The Hall–Kier alpha value is -0.280. The average molecular weight is 263 g/mol. The van der Waals surface area contributed by atoms with Crippen molar-refractivity contribution in [3.8, 4) is 0 Å². The summed E-state index contributed by atoms with van der Waals surface area (Å²) in [5.41, 5.74) is 0.00892. The molecule has 16 heavy (non-hydrogen) atoms. The molecule has 1 N–H and O–H groups in total. The Labute approximate surface area is 106 Å². The summed E-state index contributed by atoms with van der Waals surface area (Å²) in [5, 5.41) is 11.2. The summed E-state index contributed by atoms with van der Waals surface area (Å²) < 4.78 is 5.13. The maximum Gasteiger partial charge on any atom is 0.0917 e. The van der Waals surface area contributed by atoms with E-state index < -0.39 is 5.60 Å². The highest BCUT2D eigenvalue weighted by Gasteiger charge is 2.28. The highest BCUT2D eigenvalue weighted by Crippen LogP contribution is 2.26. The maximum atomic E-state index is 10.2. The molecule has 0 amide bonds. The summed E-state index contributed by atoms with van der Waals surface area (Å²) in [5.74, 6) is 0. The predicted molar refractivity (Wildman–Crippen MR) is 67.3 cm³/mol. The van der Waals surface area contributed by atoms with Crippen LogP contribution in [0, 0.1) is 0 Å². The summed E-state index contributed by atoms with van der Waals surface area (Å²) in [6.07, 6.45) is 0.223. The molecule has 0 bridgehead atoms. The second-order valence-corrected chi connectivity index (χ2v) is 4.97. The average Bonchev–Trinajstić information content (AvgIpc) is 2.22. The molecule has 0 fully saturated rings. The lowest BCUT2D eigenvalue weighted by Crippen LogP contribution is -2.40. The molecule has 1 aromatic carbocycles. The van der Waals surface area contributed by atoms with Gasteiger partial charge in [-0.1, -0.05) is 29.3 Å². The molecular weight excluding hydrogens is 247 g/mol. The Morgan fingerprint density at radius 1 is 1.38 bits per heavy atom. The van der Waals surface area contributed by atoms with E-state index in [9.17, 15) is 5.11 Å². The summed E-state index contributed by atoms with van der Waals surface area (Å²) in [7, 11) is 1.58. The minimum atomic E-state index is -0.925. The van der Waals surface area contributed by atoms with E-state index in [4.69, 9.17) is 27.9 Å².